The predicted octanol–water partition coefficient (Wildman–Crippen LogP) is 1.77. The number of aromatic hydroxyl groups is 1. The number of rotatable bonds is 5. The molecule has 0 saturated heterocycles. The van der Waals surface area contributed by atoms with Crippen molar-refractivity contribution in [3.63, 3.8) is 0 Å². The maximum atomic E-state index is 9.86. The van der Waals surface area contributed by atoms with Crippen LogP contribution in [0.5, 0.6) is 5.75 Å². The van der Waals surface area contributed by atoms with Gasteiger partial charge in [0.1, 0.15) is 5.75 Å². The van der Waals surface area contributed by atoms with Crippen LogP contribution in [-0.2, 0) is 20.0 Å². The highest BCUT2D eigenvalue weighted by Crippen LogP contribution is 2.20. The second-order valence-corrected chi connectivity index (χ2v) is 4.49. The highest BCUT2D eigenvalue weighted by atomic mass is 16.3. The summed E-state index contributed by atoms with van der Waals surface area (Å²) in [7, 11) is 1.92. The summed E-state index contributed by atoms with van der Waals surface area (Å²) in [6.07, 6.45) is 2.84. The van der Waals surface area contributed by atoms with Crippen molar-refractivity contribution in [3.05, 3.63) is 47.3 Å². The molecule has 0 aliphatic heterocycles. The molecule has 0 unspecified atom stereocenters. The van der Waals surface area contributed by atoms with E-state index in [9.17, 15) is 5.11 Å². The molecule has 4 nitrogen and oxygen atoms in total. The number of nitrogens with zero attached hydrogens (tertiary/aromatic N) is 2. The average Bonchev–Trinajstić information content (AvgIpc) is 2.76. The Hall–Kier alpha value is -1.81. The Morgan fingerprint density at radius 2 is 2.17 bits per heavy atom. The molecule has 2 rings (SSSR count). The number of hydrogen-bond donors (Lipinski definition) is 2. The first-order valence-electron chi connectivity index (χ1n) is 6.13. The summed E-state index contributed by atoms with van der Waals surface area (Å²) in [6, 6.07) is 7.83. The third kappa shape index (κ3) is 3.11. The molecule has 0 atom stereocenters. The van der Waals surface area contributed by atoms with Crippen molar-refractivity contribution >= 4 is 0 Å². The van der Waals surface area contributed by atoms with Crippen LogP contribution in [-0.4, -0.2) is 21.4 Å². The monoisotopic (exact) mass is 245 g/mol. The third-order valence-corrected chi connectivity index (χ3v) is 2.96. The summed E-state index contributed by atoms with van der Waals surface area (Å²) in [5.74, 6) is 0.392. The molecule has 1 aromatic heterocycles. The van der Waals surface area contributed by atoms with Crippen molar-refractivity contribution in [2.75, 3.05) is 6.54 Å². The second-order valence-electron chi connectivity index (χ2n) is 4.49. The molecule has 0 aliphatic carbocycles. The van der Waals surface area contributed by atoms with Crippen molar-refractivity contribution in [2.45, 2.75) is 19.9 Å². The molecule has 0 fully saturated rings. The fourth-order valence-electron chi connectivity index (χ4n) is 1.90. The smallest absolute Gasteiger partial charge is 0.122 e. The summed E-state index contributed by atoms with van der Waals surface area (Å²) in [6.45, 7) is 3.44. The van der Waals surface area contributed by atoms with E-state index in [1.807, 2.05) is 49.1 Å². The highest BCUT2D eigenvalue weighted by Gasteiger charge is 2.03. The van der Waals surface area contributed by atoms with E-state index in [1.54, 1.807) is 0 Å². The summed E-state index contributed by atoms with van der Waals surface area (Å²) in [5, 5.41) is 17.5. The number of para-hydroxylation sites is 1. The molecule has 0 radical (unpaired) electrons. The summed E-state index contributed by atoms with van der Waals surface area (Å²) >= 11 is 0. The number of phenolic OH excluding ortho intramolecular Hbond substituents is 1. The summed E-state index contributed by atoms with van der Waals surface area (Å²) in [5.41, 5.74) is 2.94. The Kier molecular flexibility index (Phi) is 3.99. The molecule has 2 N–H and O–H groups in total. The normalized spacial score (nSPS) is 10.8. The fourth-order valence-corrected chi connectivity index (χ4v) is 1.90. The number of phenols is 1. The van der Waals surface area contributed by atoms with Gasteiger partial charge in [0.25, 0.3) is 0 Å². The van der Waals surface area contributed by atoms with E-state index in [1.165, 1.54) is 0 Å². The van der Waals surface area contributed by atoms with Gasteiger partial charge in [-0.1, -0.05) is 18.2 Å². The molecular formula is C14H19N3O. The lowest BCUT2D eigenvalue weighted by Crippen LogP contribution is -2.17. The molecule has 0 amide bonds. The number of benzene rings is 1. The zero-order valence-electron chi connectivity index (χ0n) is 10.8. The maximum Gasteiger partial charge on any atom is 0.122 e. The Labute approximate surface area is 107 Å². The third-order valence-electron chi connectivity index (χ3n) is 2.96. The Balaban J connectivity index is 1.80. The van der Waals surface area contributed by atoms with E-state index in [-0.39, 0.29) is 0 Å². The maximum absolute atomic E-state index is 9.86. The zero-order chi connectivity index (χ0) is 13.0. The van der Waals surface area contributed by atoms with Crippen molar-refractivity contribution < 1.29 is 5.11 Å². The van der Waals surface area contributed by atoms with Crippen molar-refractivity contribution in [3.8, 4) is 5.75 Å². The van der Waals surface area contributed by atoms with Crippen LogP contribution in [0.3, 0.4) is 0 Å². The minimum Gasteiger partial charge on any atom is -0.507 e. The van der Waals surface area contributed by atoms with Gasteiger partial charge in [-0.2, -0.15) is 5.10 Å². The van der Waals surface area contributed by atoms with Gasteiger partial charge in [0.15, 0.2) is 0 Å². The minimum atomic E-state index is 0.392. The van der Waals surface area contributed by atoms with Crippen molar-refractivity contribution in [2.24, 2.45) is 7.05 Å². The lowest BCUT2D eigenvalue weighted by atomic mass is 10.1. The Bertz CT molecular complexity index is 520. The average molecular weight is 245 g/mol. The van der Waals surface area contributed by atoms with Gasteiger partial charge in [0.2, 0.25) is 0 Å². The van der Waals surface area contributed by atoms with Crippen molar-refractivity contribution in [1.82, 2.24) is 15.1 Å². The quantitative estimate of drug-likeness (QED) is 0.789. The van der Waals surface area contributed by atoms with E-state index >= 15 is 0 Å². The van der Waals surface area contributed by atoms with Gasteiger partial charge in [-0.3, -0.25) is 4.68 Å². The fraction of sp³-hybridized carbons (Fsp3) is 0.357. The predicted molar refractivity (Wildman–Crippen MR) is 71.5 cm³/mol. The zero-order valence-corrected chi connectivity index (χ0v) is 10.8. The molecule has 0 bridgehead atoms. The van der Waals surface area contributed by atoms with Gasteiger partial charge in [0.05, 0.1) is 5.69 Å². The topological polar surface area (TPSA) is 50.1 Å². The second kappa shape index (κ2) is 5.69. The SMILES string of the molecule is Cc1cccc(CNCCc2ccn(C)n2)c1O. The van der Waals surface area contributed by atoms with Gasteiger partial charge in [-0.15, -0.1) is 0 Å². The molecule has 96 valence electrons. The first-order chi connectivity index (χ1) is 8.66. The largest absolute Gasteiger partial charge is 0.507 e. The van der Waals surface area contributed by atoms with Crippen LogP contribution >= 0.6 is 0 Å². The number of aromatic nitrogens is 2. The molecule has 1 heterocycles. The van der Waals surface area contributed by atoms with E-state index in [4.69, 9.17) is 0 Å². The molecule has 0 saturated carbocycles. The first-order valence-corrected chi connectivity index (χ1v) is 6.13. The summed E-state index contributed by atoms with van der Waals surface area (Å²) < 4.78 is 1.81. The van der Waals surface area contributed by atoms with Crippen LogP contribution in [0, 0.1) is 6.92 Å². The number of aryl methyl sites for hydroxylation is 2. The van der Waals surface area contributed by atoms with Gasteiger partial charge < -0.3 is 10.4 Å². The standard InChI is InChI=1S/C14H19N3O/c1-11-4-3-5-12(14(11)18)10-15-8-6-13-7-9-17(2)16-13/h3-5,7,9,15,18H,6,8,10H2,1-2H3. The minimum absolute atomic E-state index is 0.392. The highest BCUT2D eigenvalue weighted by molar-refractivity contribution is 5.39. The number of hydrogen-bond acceptors (Lipinski definition) is 3. The molecule has 1 aromatic carbocycles. The van der Waals surface area contributed by atoms with Gasteiger partial charge in [-0.05, 0) is 18.6 Å². The Morgan fingerprint density at radius 3 is 2.89 bits per heavy atom. The van der Waals surface area contributed by atoms with E-state index in [0.29, 0.717) is 12.3 Å². The molecule has 0 spiro atoms. The van der Waals surface area contributed by atoms with Crippen LogP contribution in [0.1, 0.15) is 16.8 Å². The number of nitrogens with one attached hydrogen (secondary N) is 1. The van der Waals surface area contributed by atoms with Crippen LogP contribution < -0.4 is 5.32 Å². The van der Waals surface area contributed by atoms with Gasteiger partial charge >= 0.3 is 0 Å². The van der Waals surface area contributed by atoms with E-state index < -0.39 is 0 Å². The van der Waals surface area contributed by atoms with E-state index in [0.717, 1.165) is 29.8 Å². The lowest BCUT2D eigenvalue weighted by molar-refractivity contribution is 0.460. The molecule has 18 heavy (non-hydrogen) atoms. The van der Waals surface area contributed by atoms with Crippen molar-refractivity contribution in [1.29, 1.82) is 0 Å². The van der Waals surface area contributed by atoms with E-state index in [2.05, 4.69) is 10.4 Å². The summed E-state index contributed by atoms with van der Waals surface area (Å²) in [4.78, 5) is 0. The molecular weight excluding hydrogens is 226 g/mol. The first kappa shape index (κ1) is 12.6. The molecule has 2 aromatic rings. The van der Waals surface area contributed by atoms with Crippen LogP contribution in [0.25, 0.3) is 0 Å². The van der Waals surface area contributed by atoms with Crippen LogP contribution in [0.15, 0.2) is 30.5 Å². The molecule has 0 aliphatic rings. The van der Waals surface area contributed by atoms with Gasteiger partial charge in [-0.25, -0.2) is 0 Å². The lowest BCUT2D eigenvalue weighted by Gasteiger charge is -2.08. The van der Waals surface area contributed by atoms with Crippen LogP contribution in [0.2, 0.25) is 0 Å². The van der Waals surface area contributed by atoms with Crippen LogP contribution in [0.4, 0.5) is 0 Å². The van der Waals surface area contributed by atoms with Gasteiger partial charge in [0, 0.05) is 38.3 Å². The Morgan fingerprint density at radius 1 is 1.33 bits per heavy atom. The molecule has 4 heteroatoms.